The molecule has 8 N–H and O–H groups in total. The zero-order valence-corrected chi connectivity index (χ0v) is 62.0. The molecule has 4 aromatic heterocycles. The molecule has 0 spiro atoms. The van der Waals surface area contributed by atoms with Crippen molar-refractivity contribution in [3.63, 3.8) is 0 Å². The van der Waals surface area contributed by atoms with Crippen molar-refractivity contribution in [1.82, 2.24) is 81.7 Å². The van der Waals surface area contributed by atoms with Crippen molar-refractivity contribution in [2.24, 2.45) is 0 Å². The van der Waals surface area contributed by atoms with Crippen molar-refractivity contribution in [1.29, 1.82) is 0 Å². The monoisotopic (exact) mass is 1460 g/mol. The highest BCUT2D eigenvalue weighted by molar-refractivity contribution is 5.97. The summed E-state index contributed by atoms with van der Waals surface area (Å²) in [7, 11) is 0. The summed E-state index contributed by atoms with van der Waals surface area (Å²) < 4.78 is 3.77. The number of H-pyrrole nitrogens is 2. The second-order valence-electron chi connectivity index (χ2n) is 30.0. The third-order valence-corrected chi connectivity index (χ3v) is 22.3. The number of aromatic nitrogens is 8. The summed E-state index contributed by atoms with van der Waals surface area (Å²) >= 11 is 0. The molecule has 24 nitrogen and oxygen atoms in total. The highest BCUT2D eigenvalue weighted by atomic mass is 16.2. The smallest absolute Gasteiger partial charge is 0.246 e. The summed E-state index contributed by atoms with van der Waals surface area (Å²) in [5.74, 6) is -2.58. The lowest BCUT2D eigenvalue weighted by Gasteiger charge is -2.36. The number of unbranched alkanes of at least 4 members (excludes halogenated alkanes) is 3. The van der Waals surface area contributed by atoms with E-state index in [2.05, 4.69) is 86.8 Å². The molecular formula is C84H102N16O8. The van der Waals surface area contributed by atoms with E-state index in [4.69, 9.17) is 0 Å². The number of para-hydroxylation sites is 2. The lowest BCUT2D eigenvalue weighted by Crippen LogP contribution is -2.59. The number of aryl methyl sites for hydroxylation is 5. The Labute approximate surface area is 630 Å². The molecule has 4 aliphatic heterocycles. The van der Waals surface area contributed by atoms with Gasteiger partial charge in [-0.05, 0) is 155 Å². The van der Waals surface area contributed by atoms with Gasteiger partial charge < -0.3 is 51.7 Å². The minimum absolute atomic E-state index is 0.104. The second-order valence-corrected chi connectivity index (χ2v) is 30.0. The van der Waals surface area contributed by atoms with Gasteiger partial charge in [-0.2, -0.15) is 0 Å². The Balaban J connectivity index is 0.534. The van der Waals surface area contributed by atoms with Gasteiger partial charge in [0.1, 0.15) is 41.9 Å². The van der Waals surface area contributed by atoms with Crippen LogP contribution in [0.2, 0.25) is 0 Å². The fraction of sp³-hybridized carbons (Fsp3) is 0.452. The van der Waals surface area contributed by atoms with Crippen LogP contribution >= 0.6 is 0 Å². The molecule has 108 heavy (non-hydrogen) atoms. The zero-order chi connectivity index (χ0) is 74.9. The molecule has 566 valence electrons. The van der Waals surface area contributed by atoms with Crippen LogP contribution in [0.1, 0.15) is 193 Å². The van der Waals surface area contributed by atoms with Crippen LogP contribution in [-0.4, -0.2) is 145 Å². The Morgan fingerprint density at radius 3 is 1.46 bits per heavy atom. The average Bonchev–Trinajstić information content (AvgIpc) is 1.62. The van der Waals surface area contributed by atoms with Gasteiger partial charge in [0.05, 0.1) is 24.0 Å². The molecule has 4 saturated heterocycles. The van der Waals surface area contributed by atoms with Crippen LogP contribution in [0.5, 0.6) is 0 Å². The first kappa shape index (κ1) is 75.5. The molecule has 9 aromatic rings. The number of fused-ring (bicyclic) bond motifs is 4. The molecule has 24 heteroatoms. The minimum atomic E-state index is -0.914. The van der Waals surface area contributed by atoms with Gasteiger partial charge in [-0.25, -0.2) is 0 Å². The fourth-order valence-corrected chi connectivity index (χ4v) is 16.7. The number of carbonyl (C=O) groups is 8. The van der Waals surface area contributed by atoms with Crippen LogP contribution in [0.25, 0.3) is 21.8 Å². The first-order valence-corrected chi connectivity index (χ1v) is 39.1. The molecule has 4 fully saturated rings. The largest absolute Gasteiger partial charge is 0.361 e. The van der Waals surface area contributed by atoms with Crippen molar-refractivity contribution < 1.29 is 38.4 Å². The van der Waals surface area contributed by atoms with Gasteiger partial charge in [0.2, 0.25) is 47.3 Å². The van der Waals surface area contributed by atoms with E-state index >= 15 is 0 Å². The summed E-state index contributed by atoms with van der Waals surface area (Å²) in [6.45, 7) is 4.18. The standard InChI is InChI=1S/C84H102N16O8/c1-55(101)87-73(49-61-51-85-69-35-17-12-32-66(61)69)79(103)90-71-37-15-10-30-64-43-45-76(99(64)83(71)107)81(105)89-68(59-25-5-3-6-26-59)34-14-9-29-63-53-97(95-93-63)47-21-19-23-57-39-41-58(42-40-57)24-20-22-48-98-54-75(94-96-98)78(60-27-7-4-8-28-60)92-82(106)77-46-44-65-31-11-16-38-72(84(108)100(65)77)91-80(104)74(88-56(2)102)50-62-52-86-70-36-18-13-33-67(62)70/h3-8,12-13,17-18,25-28,32-33,35-36,39-42,51-54,64-65,68,71-74,76-78,85-86H,9-11,14-16,19-24,29-31,34,37-38,43-50H2,1-2H3,(H,87,101)(H,88,102)(H,89,105)(H,90,103)(H,91,104)(H,92,106)/t64?,65?,68-,71-,72+,73+,74+,76+,77+,78+/m1/s1. The summed E-state index contributed by atoms with van der Waals surface area (Å²) in [4.78, 5) is 121. The molecule has 13 rings (SSSR count). The molecular weight excluding hydrogens is 1360 g/mol. The van der Waals surface area contributed by atoms with Crippen LogP contribution in [-0.2, 0) is 83.5 Å². The predicted octanol–water partition coefficient (Wildman–Crippen LogP) is 9.99. The Kier molecular flexibility index (Phi) is 25.3. The van der Waals surface area contributed by atoms with Gasteiger partial charge in [0, 0.05) is 92.3 Å². The van der Waals surface area contributed by atoms with E-state index < -0.39 is 54.1 Å². The van der Waals surface area contributed by atoms with Crippen molar-refractivity contribution in [3.05, 3.63) is 203 Å². The Morgan fingerprint density at radius 2 is 0.935 bits per heavy atom. The molecule has 0 radical (unpaired) electrons. The third-order valence-electron chi connectivity index (χ3n) is 22.3. The number of aromatic amines is 2. The molecule has 4 aliphatic rings. The number of nitrogens with one attached hydrogen (secondary N) is 8. The normalized spacial score (nSPS) is 19.9. The maximum Gasteiger partial charge on any atom is 0.246 e. The van der Waals surface area contributed by atoms with E-state index in [9.17, 15) is 38.4 Å². The van der Waals surface area contributed by atoms with Crippen molar-refractivity contribution >= 4 is 69.1 Å². The van der Waals surface area contributed by atoms with Crippen LogP contribution < -0.4 is 31.9 Å². The SMILES string of the molecule is CC(=O)N[C@@H](Cc1c[nH]c2ccccc12)C(=O)N[C@H]1CCCCC2CC[C@@H](C(=O)N[C@@H](c3ccccc3)c3cn(CCCCc4ccc(CCCCn5cc(CCCC[C@@H](NC(=O)[C@@H]6CCC7CCCC[C@@H](NC(=O)[C@H](Cc8c[nH]c9ccccc89)NC(C)=O)C(=O)N76)c6ccccc6)nn5)cc4)nn3)N2C1=O. The number of carbonyl (C=O) groups excluding carboxylic acids is 8. The summed E-state index contributed by atoms with van der Waals surface area (Å²) in [5, 5.41) is 38.3. The number of hydrogen-bond donors (Lipinski definition) is 8. The number of amides is 8. The topological polar surface area (TPSA) is 308 Å². The van der Waals surface area contributed by atoms with Gasteiger partial charge in [0.15, 0.2) is 0 Å². The lowest BCUT2D eigenvalue weighted by molar-refractivity contribution is -0.144. The van der Waals surface area contributed by atoms with Gasteiger partial charge in [0.25, 0.3) is 0 Å². The van der Waals surface area contributed by atoms with Crippen LogP contribution in [0, 0.1) is 0 Å². The Bertz CT molecular complexity index is 4550. The Morgan fingerprint density at radius 1 is 0.472 bits per heavy atom. The van der Waals surface area contributed by atoms with E-state index in [-0.39, 0.29) is 66.4 Å². The van der Waals surface area contributed by atoms with Crippen LogP contribution in [0.4, 0.5) is 0 Å². The third kappa shape index (κ3) is 19.1. The van der Waals surface area contributed by atoms with E-state index in [1.807, 2.05) is 143 Å². The highest BCUT2D eigenvalue weighted by Gasteiger charge is 2.47. The van der Waals surface area contributed by atoms with E-state index in [1.165, 1.54) is 25.0 Å². The molecule has 2 unspecified atom stereocenters. The maximum atomic E-state index is 14.7. The zero-order valence-electron chi connectivity index (χ0n) is 62.0. The fourth-order valence-electron chi connectivity index (χ4n) is 16.7. The molecule has 0 saturated carbocycles. The highest BCUT2D eigenvalue weighted by Crippen LogP contribution is 2.35. The Hall–Kier alpha value is -10.8. The lowest BCUT2D eigenvalue weighted by atomic mass is 9.98. The van der Waals surface area contributed by atoms with Crippen molar-refractivity contribution in [2.45, 2.75) is 241 Å². The quantitative estimate of drug-likeness (QED) is 0.0183. The minimum Gasteiger partial charge on any atom is -0.361 e. The average molecular weight is 1460 g/mol. The van der Waals surface area contributed by atoms with Crippen molar-refractivity contribution in [2.75, 3.05) is 0 Å². The maximum absolute atomic E-state index is 14.7. The first-order chi connectivity index (χ1) is 52.7. The molecule has 0 bridgehead atoms. The van der Waals surface area contributed by atoms with Crippen molar-refractivity contribution in [3.8, 4) is 0 Å². The summed E-state index contributed by atoms with van der Waals surface area (Å²) in [6.07, 6.45) is 25.0. The summed E-state index contributed by atoms with van der Waals surface area (Å²) in [5.41, 5.74) is 9.54. The summed E-state index contributed by atoms with van der Waals surface area (Å²) in [6, 6.07) is 38.1. The molecule has 8 heterocycles. The predicted molar refractivity (Wildman–Crippen MR) is 411 cm³/mol. The number of rotatable bonds is 32. The molecule has 5 aromatic carbocycles. The molecule has 8 amide bonds. The first-order valence-electron chi connectivity index (χ1n) is 39.1. The van der Waals surface area contributed by atoms with E-state index in [1.54, 1.807) is 9.80 Å². The van der Waals surface area contributed by atoms with Gasteiger partial charge in [-0.15, -0.1) is 10.2 Å². The second kappa shape index (κ2) is 36.2. The van der Waals surface area contributed by atoms with E-state index in [0.717, 1.165) is 153 Å². The van der Waals surface area contributed by atoms with Crippen LogP contribution in [0.15, 0.2) is 158 Å². The number of benzene rings is 5. The van der Waals surface area contributed by atoms with Gasteiger partial charge in [-0.1, -0.05) is 164 Å². The molecule has 0 aliphatic carbocycles. The number of hydrogen-bond acceptors (Lipinski definition) is 12. The van der Waals surface area contributed by atoms with Gasteiger partial charge in [-0.3, -0.25) is 47.7 Å². The van der Waals surface area contributed by atoms with Crippen LogP contribution in [0.3, 0.4) is 0 Å². The van der Waals surface area contributed by atoms with Gasteiger partial charge >= 0.3 is 0 Å². The molecule has 10 atom stereocenters. The number of nitrogens with zero attached hydrogens (tertiary/aromatic N) is 8. The van der Waals surface area contributed by atoms with E-state index in [0.29, 0.717) is 57.2 Å².